The number of aliphatic hydroxyl groups excluding tert-OH is 2. The summed E-state index contributed by atoms with van der Waals surface area (Å²) in [5, 5.41) is 21.0. The number of rotatable bonds is 12. The van der Waals surface area contributed by atoms with Crippen molar-refractivity contribution in [2.75, 3.05) is 24.6 Å². The van der Waals surface area contributed by atoms with E-state index in [1.165, 1.54) is 31.3 Å². The van der Waals surface area contributed by atoms with Crippen LogP contribution in [0.3, 0.4) is 0 Å². The van der Waals surface area contributed by atoms with Crippen molar-refractivity contribution in [3.63, 3.8) is 0 Å². The van der Waals surface area contributed by atoms with Gasteiger partial charge in [0.1, 0.15) is 0 Å². The smallest absolute Gasteiger partial charge is 0.232 e. The maximum atomic E-state index is 12.3. The van der Waals surface area contributed by atoms with E-state index in [1.54, 1.807) is 11.8 Å². The van der Waals surface area contributed by atoms with Crippen LogP contribution in [-0.2, 0) is 4.79 Å². The van der Waals surface area contributed by atoms with Gasteiger partial charge in [0.2, 0.25) is 5.91 Å². The first kappa shape index (κ1) is 25.8. The molecule has 3 aliphatic rings. The topological polar surface area (TPSA) is 60.8 Å². The predicted octanol–water partition coefficient (Wildman–Crippen LogP) is 5.20. The summed E-state index contributed by atoms with van der Waals surface area (Å²) in [5.41, 5.74) is 1.50. The van der Waals surface area contributed by atoms with Crippen LogP contribution in [-0.4, -0.2) is 57.8 Å². The van der Waals surface area contributed by atoms with Gasteiger partial charge in [-0.2, -0.15) is 11.8 Å². The molecule has 4 nitrogen and oxygen atoms in total. The highest BCUT2D eigenvalue weighted by atomic mass is 32.2. The Hall–Kier alpha value is -0.780. The number of allylic oxidation sites excluding steroid dienone is 2. The van der Waals surface area contributed by atoms with Gasteiger partial charge in [-0.15, -0.1) is 0 Å². The monoisotopic (exact) mass is 463 g/mol. The van der Waals surface area contributed by atoms with E-state index in [2.05, 4.69) is 26.0 Å². The summed E-state index contributed by atoms with van der Waals surface area (Å²) < 4.78 is 0. The van der Waals surface area contributed by atoms with Crippen molar-refractivity contribution in [2.45, 2.75) is 90.3 Å². The van der Waals surface area contributed by atoms with Gasteiger partial charge in [-0.05, 0) is 68.5 Å². The van der Waals surface area contributed by atoms with Crippen LogP contribution < -0.4 is 0 Å². The molecule has 2 aliphatic carbocycles. The Morgan fingerprint density at radius 2 is 2.09 bits per heavy atom. The lowest BCUT2D eigenvalue weighted by Crippen LogP contribution is -2.36. The highest BCUT2D eigenvalue weighted by Crippen LogP contribution is 2.48. The fourth-order valence-electron chi connectivity index (χ4n) is 5.81. The molecule has 1 saturated heterocycles. The van der Waals surface area contributed by atoms with Crippen LogP contribution in [0.5, 0.6) is 0 Å². The van der Waals surface area contributed by atoms with E-state index in [4.69, 9.17) is 0 Å². The molecule has 1 amide bonds. The van der Waals surface area contributed by atoms with E-state index in [1.807, 2.05) is 11.0 Å². The van der Waals surface area contributed by atoms with E-state index >= 15 is 0 Å². The lowest BCUT2D eigenvalue weighted by molar-refractivity contribution is -0.129. The van der Waals surface area contributed by atoms with Crippen LogP contribution in [0.25, 0.3) is 0 Å². The summed E-state index contributed by atoms with van der Waals surface area (Å²) in [7, 11) is 0. The molecule has 0 unspecified atom stereocenters. The Bertz CT molecular complexity index is 643. The maximum absolute atomic E-state index is 12.3. The summed E-state index contributed by atoms with van der Waals surface area (Å²) in [6.45, 7) is 6.31. The molecule has 0 bridgehead atoms. The molecule has 5 heteroatoms. The van der Waals surface area contributed by atoms with Crippen LogP contribution in [0.1, 0.15) is 78.1 Å². The number of amides is 1. The number of piperidine rings is 1. The molecule has 3 rings (SSSR count). The summed E-state index contributed by atoms with van der Waals surface area (Å²) in [6.07, 6.45) is 16.7. The molecular weight excluding hydrogens is 418 g/mol. The van der Waals surface area contributed by atoms with Crippen LogP contribution >= 0.6 is 11.8 Å². The average Bonchev–Trinajstić information content (AvgIpc) is 3.30. The van der Waals surface area contributed by atoms with Crippen molar-refractivity contribution in [1.82, 2.24) is 4.90 Å². The van der Waals surface area contributed by atoms with Gasteiger partial charge in [-0.1, -0.05) is 56.9 Å². The zero-order chi connectivity index (χ0) is 22.9. The molecule has 2 fully saturated rings. The molecule has 0 radical (unpaired) electrons. The number of carbonyl (C=O) groups excluding carboxylic acids is 1. The predicted molar refractivity (Wildman–Crippen MR) is 135 cm³/mol. The van der Waals surface area contributed by atoms with E-state index in [0.717, 1.165) is 57.4 Å². The molecule has 1 aliphatic heterocycles. The second-order valence-corrected chi connectivity index (χ2v) is 11.5. The van der Waals surface area contributed by atoms with E-state index in [9.17, 15) is 15.0 Å². The standard InChI is InChI=1S/C27H45NO3S/c1-3-4-8-20(2)15-23(29)9-10-24-25-17-21(16-22(25)18-26(24)30)11-14-32-19-27(31)28-12-6-5-7-13-28/h9-10,16,20,22-26,29-30H,3-8,11-15,17-19H2,1-2H3/b10-9+/t20-,22-,23+,24+,25-,26+/m0/s1. The third-order valence-corrected chi connectivity index (χ3v) is 8.65. The summed E-state index contributed by atoms with van der Waals surface area (Å²) in [5.74, 6) is 3.55. The third kappa shape index (κ3) is 7.63. The normalized spacial score (nSPS) is 29.9. The van der Waals surface area contributed by atoms with Crippen molar-refractivity contribution < 1.29 is 15.0 Å². The molecule has 0 aromatic carbocycles. The van der Waals surface area contributed by atoms with Gasteiger partial charge < -0.3 is 15.1 Å². The van der Waals surface area contributed by atoms with Crippen molar-refractivity contribution in [2.24, 2.45) is 23.7 Å². The molecule has 182 valence electrons. The Morgan fingerprint density at radius 3 is 2.84 bits per heavy atom. The minimum absolute atomic E-state index is 0.155. The van der Waals surface area contributed by atoms with Crippen LogP contribution in [0.4, 0.5) is 0 Å². The van der Waals surface area contributed by atoms with E-state index < -0.39 is 6.10 Å². The number of carbonyl (C=O) groups is 1. The number of hydrogen-bond acceptors (Lipinski definition) is 4. The number of likely N-dealkylation sites (tertiary alicyclic amines) is 1. The Labute approximate surface area is 199 Å². The molecule has 6 atom stereocenters. The van der Waals surface area contributed by atoms with Crippen LogP contribution in [0.2, 0.25) is 0 Å². The molecule has 2 N–H and O–H groups in total. The van der Waals surface area contributed by atoms with Gasteiger partial charge in [0.15, 0.2) is 0 Å². The molecular formula is C27H45NO3S. The minimum atomic E-state index is -0.407. The molecule has 0 aromatic heterocycles. The molecule has 1 saturated carbocycles. The van der Waals surface area contributed by atoms with E-state index in [0.29, 0.717) is 29.4 Å². The fraction of sp³-hybridized carbons (Fsp3) is 0.815. The third-order valence-electron chi connectivity index (χ3n) is 7.70. The second-order valence-electron chi connectivity index (χ2n) is 10.4. The Morgan fingerprint density at radius 1 is 1.31 bits per heavy atom. The van der Waals surface area contributed by atoms with E-state index in [-0.39, 0.29) is 12.0 Å². The minimum Gasteiger partial charge on any atom is -0.392 e. The lowest BCUT2D eigenvalue weighted by Gasteiger charge is -2.26. The van der Waals surface area contributed by atoms with Crippen molar-refractivity contribution >= 4 is 17.7 Å². The zero-order valence-corrected chi connectivity index (χ0v) is 21.1. The largest absolute Gasteiger partial charge is 0.392 e. The van der Waals surface area contributed by atoms with Gasteiger partial charge in [0.25, 0.3) is 0 Å². The first-order chi connectivity index (χ1) is 15.5. The summed E-state index contributed by atoms with van der Waals surface area (Å²) >= 11 is 1.77. The van der Waals surface area contributed by atoms with Gasteiger partial charge in [-0.25, -0.2) is 0 Å². The highest BCUT2D eigenvalue weighted by molar-refractivity contribution is 7.99. The molecule has 1 heterocycles. The first-order valence-corrected chi connectivity index (χ1v) is 14.2. The van der Waals surface area contributed by atoms with Crippen molar-refractivity contribution in [1.29, 1.82) is 0 Å². The average molecular weight is 464 g/mol. The SMILES string of the molecule is CCCC[C@H](C)C[C@H](O)/C=C/[C@@H]1[C@H]2CC(CCSCC(=O)N3CCCCC3)=C[C@H]2C[C@H]1O. The lowest BCUT2D eigenvalue weighted by atomic mass is 9.88. The first-order valence-electron chi connectivity index (χ1n) is 13.1. The maximum Gasteiger partial charge on any atom is 0.232 e. The molecule has 32 heavy (non-hydrogen) atoms. The fourth-order valence-corrected chi connectivity index (χ4v) is 6.71. The Kier molecular flexibility index (Phi) is 10.7. The number of fused-ring (bicyclic) bond motifs is 1. The molecule has 0 spiro atoms. The van der Waals surface area contributed by atoms with Gasteiger partial charge in [-0.3, -0.25) is 4.79 Å². The zero-order valence-electron chi connectivity index (χ0n) is 20.3. The number of unbranched alkanes of at least 4 members (excludes halogenated alkanes) is 1. The second kappa shape index (κ2) is 13.2. The van der Waals surface area contributed by atoms with Crippen molar-refractivity contribution in [3.8, 4) is 0 Å². The van der Waals surface area contributed by atoms with Gasteiger partial charge in [0.05, 0.1) is 18.0 Å². The number of thioether (sulfide) groups is 1. The number of nitrogens with zero attached hydrogens (tertiary/aromatic N) is 1. The number of aliphatic hydroxyl groups is 2. The number of hydrogen-bond donors (Lipinski definition) is 2. The quantitative estimate of drug-likeness (QED) is 0.308. The van der Waals surface area contributed by atoms with Gasteiger partial charge in [0, 0.05) is 19.0 Å². The Balaban J connectivity index is 1.38. The van der Waals surface area contributed by atoms with Crippen LogP contribution in [0, 0.1) is 23.7 Å². The van der Waals surface area contributed by atoms with Crippen molar-refractivity contribution in [3.05, 3.63) is 23.8 Å². The molecule has 0 aromatic rings. The summed E-state index contributed by atoms with van der Waals surface area (Å²) in [6, 6.07) is 0. The summed E-state index contributed by atoms with van der Waals surface area (Å²) in [4.78, 5) is 14.3. The van der Waals surface area contributed by atoms with Gasteiger partial charge >= 0.3 is 0 Å². The highest BCUT2D eigenvalue weighted by Gasteiger charge is 2.43. The van der Waals surface area contributed by atoms with Crippen LogP contribution in [0.15, 0.2) is 23.8 Å².